The molecule has 5 heteroatoms. The van der Waals surface area contributed by atoms with Gasteiger partial charge in [0, 0.05) is 23.0 Å². The van der Waals surface area contributed by atoms with E-state index in [4.69, 9.17) is 5.11 Å². The Balaban J connectivity index is 2.51. The maximum atomic E-state index is 10.5. The van der Waals surface area contributed by atoms with Gasteiger partial charge in [-0.05, 0) is 6.92 Å². The Bertz CT molecular complexity index is 458. The summed E-state index contributed by atoms with van der Waals surface area (Å²) in [7, 11) is 0. The van der Waals surface area contributed by atoms with E-state index < -0.39 is 5.97 Å². The van der Waals surface area contributed by atoms with Crippen LogP contribution in [0.1, 0.15) is 10.6 Å². The Morgan fingerprint density at radius 2 is 2.54 bits per heavy atom. The predicted molar refractivity (Wildman–Crippen MR) is 49.1 cm³/mol. The van der Waals surface area contributed by atoms with Crippen LogP contribution in [0.5, 0.6) is 0 Å². The Labute approximate surface area is 78.5 Å². The minimum absolute atomic E-state index is 0.0832. The zero-order valence-electron chi connectivity index (χ0n) is 7.02. The predicted octanol–water partition coefficient (Wildman–Crippen LogP) is 1.33. The lowest BCUT2D eigenvalue weighted by molar-refractivity contribution is -0.136. The number of aryl methyl sites for hydroxylation is 1. The maximum Gasteiger partial charge on any atom is 0.308 e. The molecule has 2 aromatic heterocycles. The summed E-state index contributed by atoms with van der Waals surface area (Å²) >= 11 is 1.43. The lowest BCUT2D eigenvalue weighted by Gasteiger charge is -1.93. The number of rotatable bonds is 2. The molecule has 4 nitrogen and oxygen atoms in total. The van der Waals surface area contributed by atoms with Gasteiger partial charge in [-0.2, -0.15) is 0 Å². The van der Waals surface area contributed by atoms with Crippen LogP contribution in [0.25, 0.3) is 4.96 Å². The molecule has 13 heavy (non-hydrogen) atoms. The minimum atomic E-state index is -0.799. The summed E-state index contributed by atoms with van der Waals surface area (Å²) in [4.78, 5) is 16.3. The second-order valence-electron chi connectivity index (χ2n) is 2.76. The number of thiazole rings is 1. The number of carboxylic acid groups (broad SMARTS) is 1. The summed E-state index contributed by atoms with van der Waals surface area (Å²) in [6.07, 6.45) is 3.63. The van der Waals surface area contributed by atoms with E-state index in [9.17, 15) is 4.79 Å². The van der Waals surface area contributed by atoms with Crippen LogP contribution in [0.3, 0.4) is 0 Å². The third-order valence-corrected chi connectivity index (χ3v) is 3.07. The summed E-state index contributed by atoms with van der Waals surface area (Å²) in [5, 5.41) is 8.63. The van der Waals surface area contributed by atoms with Gasteiger partial charge < -0.3 is 5.11 Å². The van der Waals surface area contributed by atoms with Crippen LogP contribution >= 0.6 is 11.3 Å². The third kappa shape index (κ3) is 1.31. The van der Waals surface area contributed by atoms with Gasteiger partial charge in [0.25, 0.3) is 0 Å². The summed E-state index contributed by atoms with van der Waals surface area (Å²) in [5.41, 5.74) is 0.972. The van der Waals surface area contributed by atoms with Gasteiger partial charge in [-0.15, -0.1) is 11.3 Å². The van der Waals surface area contributed by atoms with Gasteiger partial charge in [0.2, 0.25) is 0 Å². The highest BCUT2D eigenvalue weighted by Gasteiger charge is 2.11. The fraction of sp³-hybridized carbons (Fsp3) is 0.250. The van der Waals surface area contributed by atoms with Crippen molar-refractivity contribution in [2.75, 3.05) is 0 Å². The first-order chi connectivity index (χ1) is 6.18. The number of imidazole rings is 1. The molecule has 2 rings (SSSR count). The number of hydrogen-bond acceptors (Lipinski definition) is 3. The summed E-state index contributed by atoms with van der Waals surface area (Å²) in [6, 6.07) is 0. The topological polar surface area (TPSA) is 54.6 Å². The molecule has 0 saturated carbocycles. The second kappa shape index (κ2) is 2.85. The van der Waals surface area contributed by atoms with Crippen molar-refractivity contribution in [2.24, 2.45) is 0 Å². The number of hydrogen-bond donors (Lipinski definition) is 1. The van der Waals surface area contributed by atoms with E-state index in [0.29, 0.717) is 0 Å². The van der Waals surface area contributed by atoms with Gasteiger partial charge in [-0.3, -0.25) is 9.20 Å². The molecular formula is C8H8N2O2S. The number of aliphatic carboxylic acids is 1. The molecule has 2 heterocycles. The fourth-order valence-electron chi connectivity index (χ4n) is 1.24. The van der Waals surface area contributed by atoms with E-state index in [-0.39, 0.29) is 6.42 Å². The second-order valence-corrected chi connectivity index (χ2v) is 3.82. The lowest BCUT2D eigenvalue weighted by Crippen LogP contribution is -1.99. The minimum Gasteiger partial charge on any atom is -0.481 e. The van der Waals surface area contributed by atoms with E-state index >= 15 is 0 Å². The molecule has 0 spiro atoms. The fourth-order valence-corrected chi connectivity index (χ4v) is 2.31. The van der Waals surface area contributed by atoms with E-state index in [1.54, 1.807) is 6.20 Å². The van der Waals surface area contributed by atoms with Gasteiger partial charge in [0.05, 0.1) is 6.42 Å². The number of aromatic nitrogens is 2. The monoisotopic (exact) mass is 196 g/mol. The van der Waals surface area contributed by atoms with Crippen LogP contribution in [0.4, 0.5) is 0 Å². The van der Waals surface area contributed by atoms with Crippen molar-refractivity contribution in [3.05, 3.63) is 23.0 Å². The van der Waals surface area contributed by atoms with E-state index in [0.717, 1.165) is 15.5 Å². The first kappa shape index (κ1) is 8.25. The van der Waals surface area contributed by atoms with Crippen LogP contribution < -0.4 is 0 Å². The number of nitrogens with zero attached hydrogens (tertiary/aromatic N) is 2. The molecule has 0 aliphatic carbocycles. The lowest BCUT2D eigenvalue weighted by atomic mass is 10.3. The SMILES string of the molecule is Cc1c(CC(=O)O)sc2nccn12. The molecule has 0 saturated heterocycles. The average molecular weight is 196 g/mol. The van der Waals surface area contributed by atoms with Gasteiger partial charge in [-0.25, -0.2) is 4.98 Å². The van der Waals surface area contributed by atoms with Crippen LogP contribution in [0, 0.1) is 6.92 Å². The van der Waals surface area contributed by atoms with Crippen LogP contribution in [0.15, 0.2) is 12.4 Å². The Kier molecular flexibility index (Phi) is 1.81. The van der Waals surface area contributed by atoms with Crippen molar-refractivity contribution in [3.63, 3.8) is 0 Å². The van der Waals surface area contributed by atoms with E-state index in [1.807, 2.05) is 17.5 Å². The van der Waals surface area contributed by atoms with Crippen LogP contribution in [-0.4, -0.2) is 20.5 Å². The van der Waals surface area contributed by atoms with Crippen LogP contribution in [0.2, 0.25) is 0 Å². The van der Waals surface area contributed by atoms with Crippen molar-refractivity contribution in [2.45, 2.75) is 13.3 Å². The zero-order valence-corrected chi connectivity index (χ0v) is 7.84. The van der Waals surface area contributed by atoms with Crippen molar-refractivity contribution in [1.82, 2.24) is 9.38 Å². The number of carboxylic acids is 1. The molecule has 0 bridgehead atoms. The Morgan fingerprint density at radius 1 is 1.77 bits per heavy atom. The summed E-state index contributed by atoms with van der Waals surface area (Å²) in [6.45, 7) is 1.91. The highest BCUT2D eigenvalue weighted by atomic mass is 32.1. The van der Waals surface area contributed by atoms with Gasteiger partial charge in [0.15, 0.2) is 4.96 Å². The number of fused-ring (bicyclic) bond motifs is 1. The molecular weight excluding hydrogens is 188 g/mol. The molecule has 0 unspecified atom stereocenters. The van der Waals surface area contributed by atoms with E-state index in [1.165, 1.54) is 11.3 Å². The van der Waals surface area contributed by atoms with Crippen molar-refractivity contribution in [1.29, 1.82) is 0 Å². The zero-order chi connectivity index (χ0) is 9.42. The molecule has 0 fully saturated rings. The summed E-state index contributed by atoms with van der Waals surface area (Å²) in [5.74, 6) is -0.799. The highest BCUT2D eigenvalue weighted by Crippen LogP contribution is 2.21. The molecule has 1 N–H and O–H groups in total. The molecule has 0 amide bonds. The van der Waals surface area contributed by atoms with Crippen molar-refractivity contribution >= 4 is 22.3 Å². The molecule has 2 aromatic rings. The largest absolute Gasteiger partial charge is 0.481 e. The molecule has 0 radical (unpaired) electrons. The summed E-state index contributed by atoms with van der Waals surface area (Å²) < 4.78 is 1.91. The van der Waals surface area contributed by atoms with Crippen molar-refractivity contribution in [3.8, 4) is 0 Å². The Hall–Kier alpha value is -1.36. The normalized spacial score (nSPS) is 10.8. The third-order valence-electron chi connectivity index (χ3n) is 1.90. The molecule has 0 aliphatic rings. The van der Waals surface area contributed by atoms with Gasteiger partial charge in [-0.1, -0.05) is 0 Å². The first-order valence-corrected chi connectivity index (χ1v) is 4.63. The van der Waals surface area contributed by atoms with Crippen LogP contribution in [-0.2, 0) is 11.2 Å². The van der Waals surface area contributed by atoms with Gasteiger partial charge >= 0.3 is 5.97 Å². The standard InChI is InChI=1S/C8H8N2O2S/c1-5-6(4-7(11)12)13-8-9-2-3-10(5)8/h2-3H,4H2,1H3,(H,11,12). The first-order valence-electron chi connectivity index (χ1n) is 3.81. The highest BCUT2D eigenvalue weighted by molar-refractivity contribution is 7.17. The molecule has 0 atom stereocenters. The molecule has 68 valence electrons. The Morgan fingerprint density at radius 3 is 3.15 bits per heavy atom. The molecule has 0 aliphatic heterocycles. The van der Waals surface area contributed by atoms with Gasteiger partial charge in [0.1, 0.15) is 0 Å². The smallest absolute Gasteiger partial charge is 0.308 e. The average Bonchev–Trinajstić information content (AvgIpc) is 2.56. The number of carbonyl (C=O) groups is 1. The van der Waals surface area contributed by atoms with Crippen molar-refractivity contribution < 1.29 is 9.90 Å². The van der Waals surface area contributed by atoms with E-state index in [2.05, 4.69) is 4.98 Å². The molecule has 0 aromatic carbocycles. The quantitative estimate of drug-likeness (QED) is 0.788. The maximum absolute atomic E-state index is 10.5.